The molecule has 1 unspecified atom stereocenters. The lowest BCUT2D eigenvalue weighted by Crippen LogP contribution is -2.27. The van der Waals surface area contributed by atoms with Gasteiger partial charge in [-0.15, -0.1) is 0 Å². The maximum atomic E-state index is 12.6. The number of benzene rings is 2. The number of hydrogen-bond acceptors (Lipinski definition) is 4. The second kappa shape index (κ2) is 8.94. The van der Waals surface area contributed by atoms with Crippen LogP contribution in [0.3, 0.4) is 0 Å². The van der Waals surface area contributed by atoms with E-state index in [0.717, 1.165) is 16.9 Å². The van der Waals surface area contributed by atoms with E-state index in [0.29, 0.717) is 11.5 Å². The number of likely N-dealkylation sites (N-methyl/N-ethyl adjacent to an activating group) is 1. The summed E-state index contributed by atoms with van der Waals surface area (Å²) in [5, 5.41) is 0. The summed E-state index contributed by atoms with van der Waals surface area (Å²) < 4.78 is 15.7. The summed E-state index contributed by atoms with van der Waals surface area (Å²) in [5.41, 5.74) is 1.82. The Morgan fingerprint density at radius 1 is 0.962 bits per heavy atom. The first-order valence-electron chi connectivity index (χ1n) is 8.31. The minimum atomic E-state index is -0.0989. The molecule has 0 radical (unpaired) electrons. The Labute approximate surface area is 154 Å². The lowest BCUT2D eigenvalue weighted by molar-refractivity contribution is -0.126. The second-order valence-corrected chi connectivity index (χ2v) is 5.84. The highest BCUT2D eigenvalue weighted by atomic mass is 16.5. The summed E-state index contributed by atoms with van der Waals surface area (Å²) in [6.07, 6.45) is 3.28. The molecule has 0 spiro atoms. The van der Waals surface area contributed by atoms with E-state index in [1.807, 2.05) is 49.4 Å². The Morgan fingerprint density at radius 3 is 2.15 bits per heavy atom. The lowest BCUT2D eigenvalue weighted by atomic mass is 10.1. The quantitative estimate of drug-likeness (QED) is 0.706. The number of rotatable bonds is 7. The maximum absolute atomic E-state index is 12.6. The first-order chi connectivity index (χ1) is 12.5. The van der Waals surface area contributed by atoms with Crippen molar-refractivity contribution in [2.45, 2.75) is 13.0 Å². The average Bonchev–Trinajstić information content (AvgIpc) is 2.70. The molecule has 26 heavy (non-hydrogen) atoms. The summed E-state index contributed by atoms with van der Waals surface area (Å²) in [5.74, 6) is 2.08. The van der Waals surface area contributed by atoms with Gasteiger partial charge < -0.3 is 19.1 Å². The van der Waals surface area contributed by atoms with E-state index in [1.54, 1.807) is 39.4 Å². The van der Waals surface area contributed by atoms with Crippen molar-refractivity contribution in [3.8, 4) is 17.2 Å². The van der Waals surface area contributed by atoms with Gasteiger partial charge >= 0.3 is 0 Å². The summed E-state index contributed by atoms with van der Waals surface area (Å²) in [7, 11) is 6.61. The fraction of sp³-hybridized carbons (Fsp3) is 0.286. The third kappa shape index (κ3) is 4.57. The van der Waals surface area contributed by atoms with E-state index < -0.39 is 0 Å². The van der Waals surface area contributed by atoms with Crippen molar-refractivity contribution in [1.82, 2.24) is 4.90 Å². The summed E-state index contributed by atoms with van der Waals surface area (Å²) in [6.45, 7) is 1.99. The molecule has 2 aromatic rings. The van der Waals surface area contributed by atoms with E-state index in [4.69, 9.17) is 14.2 Å². The molecule has 138 valence electrons. The van der Waals surface area contributed by atoms with Crippen molar-refractivity contribution in [1.29, 1.82) is 0 Å². The number of hydrogen-bond donors (Lipinski definition) is 0. The molecular formula is C21H25NO4. The van der Waals surface area contributed by atoms with Crippen LogP contribution in [0.4, 0.5) is 0 Å². The molecule has 0 heterocycles. The fourth-order valence-electron chi connectivity index (χ4n) is 2.55. The molecular weight excluding hydrogens is 330 g/mol. The number of methoxy groups -OCH3 is 3. The Balaban J connectivity index is 2.13. The van der Waals surface area contributed by atoms with E-state index in [1.165, 1.54) is 6.08 Å². The molecule has 0 aliphatic carbocycles. The van der Waals surface area contributed by atoms with Crippen LogP contribution in [-0.4, -0.2) is 39.2 Å². The highest BCUT2D eigenvalue weighted by Gasteiger charge is 2.15. The highest BCUT2D eigenvalue weighted by molar-refractivity contribution is 5.92. The van der Waals surface area contributed by atoms with E-state index >= 15 is 0 Å². The van der Waals surface area contributed by atoms with Gasteiger partial charge in [0.05, 0.1) is 27.4 Å². The minimum absolute atomic E-state index is 0.0646. The zero-order valence-corrected chi connectivity index (χ0v) is 15.9. The minimum Gasteiger partial charge on any atom is -0.497 e. The normalized spacial score (nSPS) is 11.9. The van der Waals surface area contributed by atoms with Crippen LogP contribution in [0.15, 0.2) is 48.5 Å². The molecule has 0 aliphatic rings. The van der Waals surface area contributed by atoms with Crippen LogP contribution in [0.5, 0.6) is 17.2 Å². The third-order valence-corrected chi connectivity index (χ3v) is 4.37. The smallest absolute Gasteiger partial charge is 0.246 e. The number of amides is 1. The molecule has 0 N–H and O–H groups in total. The van der Waals surface area contributed by atoms with E-state index in [2.05, 4.69) is 0 Å². The Morgan fingerprint density at radius 2 is 1.58 bits per heavy atom. The predicted octanol–water partition coefficient (Wildman–Crippen LogP) is 3.95. The molecule has 0 saturated carbocycles. The molecule has 5 nitrogen and oxygen atoms in total. The molecule has 0 aliphatic heterocycles. The Hall–Kier alpha value is -2.95. The van der Waals surface area contributed by atoms with Gasteiger partial charge in [0, 0.05) is 18.7 Å². The summed E-state index contributed by atoms with van der Waals surface area (Å²) in [4.78, 5) is 14.2. The van der Waals surface area contributed by atoms with Crippen LogP contribution in [0.1, 0.15) is 24.1 Å². The van der Waals surface area contributed by atoms with Gasteiger partial charge in [-0.2, -0.15) is 0 Å². The van der Waals surface area contributed by atoms with Crippen LogP contribution < -0.4 is 14.2 Å². The topological polar surface area (TPSA) is 48.0 Å². The zero-order valence-electron chi connectivity index (χ0n) is 15.9. The molecule has 1 amide bonds. The zero-order chi connectivity index (χ0) is 19.1. The van der Waals surface area contributed by atoms with Crippen molar-refractivity contribution in [2.75, 3.05) is 28.4 Å². The van der Waals surface area contributed by atoms with Gasteiger partial charge in [-0.1, -0.05) is 12.1 Å². The first-order valence-corrected chi connectivity index (χ1v) is 8.31. The fourth-order valence-corrected chi connectivity index (χ4v) is 2.55. The largest absolute Gasteiger partial charge is 0.497 e. The molecule has 0 fully saturated rings. The van der Waals surface area contributed by atoms with Gasteiger partial charge in [0.15, 0.2) is 0 Å². The van der Waals surface area contributed by atoms with E-state index in [-0.39, 0.29) is 11.9 Å². The van der Waals surface area contributed by atoms with Crippen LogP contribution >= 0.6 is 0 Å². The van der Waals surface area contributed by atoms with Gasteiger partial charge in [0.2, 0.25) is 5.91 Å². The summed E-state index contributed by atoms with van der Waals surface area (Å²) >= 11 is 0. The number of nitrogens with zero attached hydrogens (tertiary/aromatic N) is 1. The van der Waals surface area contributed by atoms with Crippen molar-refractivity contribution >= 4 is 12.0 Å². The standard InChI is InChI=1S/C21H25NO4/c1-15(16-6-9-18(24-3)10-7-16)22(2)21(23)13-8-17-14-19(25-4)11-12-20(17)26-5/h6-15H,1-5H3/b13-8+. The number of carbonyl (C=O) groups is 1. The Bertz CT molecular complexity index is 768. The molecule has 2 rings (SSSR count). The Kier molecular flexibility index (Phi) is 6.67. The highest BCUT2D eigenvalue weighted by Crippen LogP contribution is 2.26. The monoisotopic (exact) mass is 355 g/mol. The van der Waals surface area contributed by atoms with Crippen molar-refractivity contribution in [2.24, 2.45) is 0 Å². The van der Waals surface area contributed by atoms with Crippen molar-refractivity contribution < 1.29 is 19.0 Å². The van der Waals surface area contributed by atoms with Crippen LogP contribution in [-0.2, 0) is 4.79 Å². The average molecular weight is 355 g/mol. The van der Waals surface area contributed by atoms with Gasteiger partial charge in [0.1, 0.15) is 17.2 Å². The molecule has 5 heteroatoms. The molecule has 2 aromatic carbocycles. The van der Waals surface area contributed by atoms with Gasteiger partial charge in [-0.05, 0) is 48.9 Å². The van der Waals surface area contributed by atoms with Crippen LogP contribution in [0, 0.1) is 0 Å². The van der Waals surface area contributed by atoms with Gasteiger partial charge in [0.25, 0.3) is 0 Å². The van der Waals surface area contributed by atoms with Gasteiger partial charge in [-0.25, -0.2) is 0 Å². The molecule has 0 saturated heterocycles. The second-order valence-electron chi connectivity index (χ2n) is 5.84. The van der Waals surface area contributed by atoms with Crippen LogP contribution in [0.2, 0.25) is 0 Å². The molecule has 1 atom stereocenters. The van der Waals surface area contributed by atoms with E-state index in [9.17, 15) is 4.79 Å². The SMILES string of the molecule is COc1ccc(C(C)N(C)C(=O)/C=C/c2cc(OC)ccc2OC)cc1. The first kappa shape index (κ1) is 19.4. The van der Waals surface area contributed by atoms with Gasteiger partial charge in [-0.3, -0.25) is 4.79 Å². The van der Waals surface area contributed by atoms with Crippen molar-refractivity contribution in [3.63, 3.8) is 0 Å². The third-order valence-electron chi connectivity index (χ3n) is 4.37. The molecule has 0 aromatic heterocycles. The lowest BCUT2D eigenvalue weighted by Gasteiger charge is -2.24. The summed E-state index contributed by atoms with van der Waals surface area (Å²) in [6, 6.07) is 13.1. The van der Waals surface area contributed by atoms with Crippen molar-refractivity contribution in [3.05, 3.63) is 59.7 Å². The van der Waals surface area contributed by atoms with Crippen LogP contribution in [0.25, 0.3) is 6.08 Å². The number of carbonyl (C=O) groups excluding carboxylic acids is 1. The predicted molar refractivity (Wildman–Crippen MR) is 103 cm³/mol. The molecule has 0 bridgehead atoms. The maximum Gasteiger partial charge on any atom is 0.246 e. The number of ether oxygens (including phenoxy) is 3.